The van der Waals surface area contributed by atoms with E-state index in [-0.39, 0.29) is 0 Å². The molecule has 0 radical (unpaired) electrons. The van der Waals surface area contributed by atoms with Crippen LogP contribution >= 0.6 is 11.6 Å². The molecule has 0 aliphatic heterocycles. The van der Waals surface area contributed by atoms with Gasteiger partial charge in [0.25, 0.3) is 0 Å². The first-order valence-corrected chi connectivity index (χ1v) is 2.35. The molecule has 0 aliphatic carbocycles. The zero-order valence-corrected chi connectivity index (χ0v) is 5.70. The molecule has 0 atom stereocenters. The van der Waals surface area contributed by atoms with Crippen LogP contribution in [-0.4, -0.2) is 10.5 Å². The first kappa shape index (κ1) is 10.5. The van der Waals surface area contributed by atoms with E-state index < -0.39 is 5.43 Å². The largest absolute Gasteiger partial charge is 0.469 e. The summed E-state index contributed by atoms with van der Waals surface area (Å²) in [7, 11) is 0. The van der Waals surface area contributed by atoms with Gasteiger partial charge < -0.3 is 5.11 Å². The van der Waals surface area contributed by atoms with E-state index in [1.807, 2.05) is 13.8 Å². The average Bonchev–Trinajstić information content (AvgIpc) is 1.25. The van der Waals surface area contributed by atoms with Crippen molar-refractivity contribution in [2.45, 2.75) is 13.8 Å². The predicted octanol–water partition coefficient (Wildman–Crippen LogP) is 2.49. The fourth-order valence-electron chi connectivity index (χ4n) is 0. The molecule has 0 amide bonds. The Labute approximate surface area is 53.8 Å². The Hall–Kier alpha value is -0.500. The van der Waals surface area contributed by atoms with Gasteiger partial charge in [0, 0.05) is 11.6 Å². The van der Waals surface area contributed by atoms with Crippen LogP contribution in [0.3, 0.4) is 0 Å². The van der Waals surface area contributed by atoms with Crippen LogP contribution in [-0.2, 0) is 0 Å². The van der Waals surface area contributed by atoms with E-state index in [2.05, 4.69) is 18.2 Å². The Morgan fingerprint density at radius 3 is 1.62 bits per heavy atom. The van der Waals surface area contributed by atoms with Crippen molar-refractivity contribution in [1.82, 2.24) is 0 Å². The van der Waals surface area contributed by atoms with Crippen LogP contribution in [0.15, 0.2) is 12.2 Å². The molecule has 0 fully saturated rings. The van der Waals surface area contributed by atoms with Gasteiger partial charge >= 0.3 is 5.43 Å². The molecule has 0 aromatic heterocycles. The second-order valence-electron chi connectivity index (χ2n) is 1.46. The topological polar surface area (TPSA) is 37.3 Å². The minimum absolute atomic E-state index is 1.17. The normalized spacial score (nSPS) is 6.38. The van der Waals surface area contributed by atoms with E-state index in [0.29, 0.717) is 0 Å². The van der Waals surface area contributed by atoms with Crippen molar-refractivity contribution in [3.8, 4) is 0 Å². The van der Waals surface area contributed by atoms with Gasteiger partial charge in [0.1, 0.15) is 0 Å². The van der Waals surface area contributed by atoms with Gasteiger partial charge in [0.2, 0.25) is 0 Å². The van der Waals surface area contributed by atoms with E-state index in [1.54, 1.807) is 0 Å². The van der Waals surface area contributed by atoms with Crippen molar-refractivity contribution in [1.29, 1.82) is 0 Å². The van der Waals surface area contributed by atoms with E-state index in [0.717, 1.165) is 0 Å². The fourth-order valence-corrected chi connectivity index (χ4v) is 0. The van der Waals surface area contributed by atoms with E-state index >= 15 is 0 Å². The minimum Gasteiger partial charge on any atom is -0.469 e. The van der Waals surface area contributed by atoms with Crippen molar-refractivity contribution in [3.05, 3.63) is 12.2 Å². The van der Waals surface area contributed by atoms with Gasteiger partial charge in [0.05, 0.1) is 0 Å². The molecule has 8 heavy (non-hydrogen) atoms. The summed E-state index contributed by atoms with van der Waals surface area (Å²) >= 11 is 4.19. The van der Waals surface area contributed by atoms with Crippen LogP contribution in [0.5, 0.6) is 0 Å². The number of hydrogen-bond acceptors (Lipinski definition) is 1. The van der Waals surface area contributed by atoms with Gasteiger partial charge in [-0.3, -0.25) is 0 Å². The van der Waals surface area contributed by atoms with Gasteiger partial charge in [-0.2, -0.15) is 0 Å². The van der Waals surface area contributed by atoms with Crippen LogP contribution < -0.4 is 0 Å². The summed E-state index contributed by atoms with van der Waals surface area (Å²) in [4.78, 5) is 8.77. The molecule has 48 valence electrons. The third-order valence-electron chi connectivity index (χ3n) is 0. The van der Waals surface area contributed by atoms with Gasteiger partial charge in [0.15, 0.2) is 0 Å². The Bertz CT molecular complexity index is 68.4. The molecule has 0 saturated heterocycles. The highest BCUT2D eigenvalue weighted by molar-refractivity contribution is 6.60. The van der Waals surface area contributed by atoms with Crippen molar-refractivity contribution >= 4 is 17.0 Å². The fraction of sp³-hybridized carbons (Fsp3) is 0.400. The first-order valence-electron chi connectivity index (χ1n) is 1.97. The van der Waals surface area contributed by atoms with Crippen molar-refractivity contribution in [2.75, 3.05) is 0 Å². The molecule has 0 aromatic carbocycles. The monoisotopic (exact) mass is 136 g/mol. The van der Waals surface area contributed by atoms with Gasteiger partial charge in [-0.1, -0.05) is 5.57 Å². The molecule has 3 heteroatoms. The van der Waals surface area contributed by atoms with Crippen LogP contribution in [0.1, 0.15) is 13.8 Å². The summed E-state index contributed by atoms with van der Waals surface area (Å²) in [6.45, 7) is 7.50. The van der Waals surface area contributed by atoms with Crippen molar-refractivity contribution in [2.24, 2.45) is 0 Å². The van der Waals surface area contributed by atoms with Crippen LogP contribution in [0.4, 0.5) is 4.79 Å². The summed E-state index contributed by atoms with van der Waals surface area (Å²) < 4.78 is 0. The Balaban J connectivity index is 0. The number of carbonyl (C=O) groups is 1. The molecular weight excluding hydrogens is 128 g/mol. The molecule has 0 saturated carbocycles. The maximum atomic E-state index is 8.77. The van der Waals surface area contributed by atoms with Crippen LogP contribution in [0.2, 0.25) is 0 Å². The molecule has 0 spiro atoms. The molecule has 2 nitrogen and oxygen atoms in total. The lowest BCUT2D eigenvalue weighted by atomic mass is 10.4. The zero-order chi connectivity index (χ0) is 7.15. The van der Waals surface area contributed by atoms with Crippen molar-refractivity contribution < 1.29 is 9.90 Å². The molecule has 0 rings (SSSR count). The van der Waals surface area contributed by atoms with Gasteiger partial charge in [-0.25, -0.2) is 4.79 Å². The third-order valence-corrected chi connectivity index (χ3v) is 0. The van der Waals surface area contributed by atoms with Gasteiger partial charge in [-0.05, 0) is 13.8 Å². The van der Waals surface area contributed by atoms with Crippen LogP contribution in [0, 0.1) is 0 Å². The second kappa shape index (κ2) is 6.50. The Morgan fingerprint density at radius 1 is 1.62 bits per heavy atom. The van der Waals surface area contributed by atoms with E-state index in [4.69, 9.17) is 9.90 Å². The summed E-state index contributed by atoms with van der Waals surface area (Å²) in [5.74, 6) is 0. The molecule has 0 aliphatic rings. The lowest BCUT2D eigenvalue weighted by Gasteiger charge is -1.65. The predicted molar refractivity (Wildman–Crippen MR) is 34.4 cm³/mol. The zero-order valence-electron chi connectivity index (χ0n) is 4.94. The first-order chi connectivity index (χ1) is 3.46. The summed E-state index contributed by atoms with van der Waals surface area (Å²) in [5, 5.41) is 7.18. The highest BCUT2D eigenvalue weighted by Crippen LogP contribution is 1.73. The second-order valence-corrected chi connectivity index (χ2v) is 1.78. The maximum Gasteiger partial charge on any atom is 0.401 e. The molecule has 0 aromatic rings. The Morgan fingerprint density at radius 2 is 1.62 bits per heavy atom. The lowest BCUT2D eigenvalue weighted by Crippen LogP contribution is -1.66. The molecule has 0 bridgehead atoms. The van der Waals surface area contributed by atoms with E-state index in [1.165, 1.54) is 5.57 Å². The molecule has 1 N–H and O–H groups in total. The summed E-state index contributed by atoms with van der Waals surface area (Å²) in [6.07, 6.45) is 0. The average molecular weight is 137 g/mol. The van der Waals surface area contributed by atoms with Crippen LogP contribution in [0.25, 0.3) is 0 Å². The lowest BCUT2D eigenvalue weighted by molar-refractivity contribution is 0.220. The third kappa shape index (κ3) is 446. The number of rotatable bonds is 0. The molecule has 0 unspecified atom stereocenters. The number of hydrogen-bond donors (Lipinski definition) is 1. The quantitative estimate of drug-likeness (QED) is 0.410. The minimum atomic E-state index is -1.36. The van der Waals surface area contributed by atoms with Gasteiger partial charge in [-0.15, -0.1) is 6.58 Å². The number of allylic oxidation sites excluding steroid dienone is 1. The SMILES string of the molecule is C=C(C)C.O=C(O)Cl. The molecule has 0 heterocycles. The Kier molecular flexibility index (Phi) is 8.51. The van der Waals surface area contributed by atoms with Crippen molar-refractivity contribution in [3.63, 3.8) is 0 Å². The standard InChI is InChI=1S/C4H8.CHClO2/c1-4(2)3;2-1(3)4/h1H2,2-3H3;(H,3,4). The summed E-state index contributed by atoms with van der Waals surface area (Å²) in [6, 6.07) is 0. The summed E-state index contributed by atoms with van der Waals surface area (Å²) in [5.41, 5.74) is -0.194. The highest BCUT2D eigenvalue weighted by atomic mass is 35.5. The molecular formula is C5H9ClO2. The smallest absolute Gasteiger partial charge is 0.401 e. The maximum absolute atomic E-state index is 8.77. The van der Waals surface area contributed by atoms with E-state index in [9.17, 15) is 0 Å². The number of halogens is 1. The highest BCUT2D eigenvalue weighted by Gasteiger charge is 1.71. The number of carboxylic acid groups (broad SMARTS) is 1.